The first-order valence-corrected chi connectivity index (χ1v) is 8.60. The number of benzene rings is 1. The van der Waals surface area contributed by atoms with E-state index in [1.807, 2.05) is 0 Å². The van der Waals surface area contributed by atoms with Gasteiger partial charge in [0, 0.05) is 17.1 Å². The number of carbonyl (C=O) groups is 1. The molecule has 4 heterocycles. The first kappa shape index (κ1) is 16.0. The Morgan fingerprint density at radius 1 is 1.32 bits per heavy atom. The Hall–Kier alpha value is -2.52. The molecule has 0 atom stereocenters. The van der Waals surface area contributed by atoms with Crippen LogP contribution in [0.3, 0.4) is 0 Å². The molecule has 6 nitrogen and oxygen atoms in total. The van der Waals surface area contributed by atoms with E-state index in [0.29, 0.717) is 34.5 Å². The minimum atomic E-state index is -0.331. The third-order valence-electron chi connectivity index (χ3n) is 5.68. The highest BCUT2D eigenvalue weighted by Gasteiger charge is 2.40. The molecule has 3 fully saturated rings. The summed E-state index contributed by atoms with van der Waals surface area (Å²) in [5.41, 5.74) is 1.80. The van der Waals surface area contributed by atoms with E-state index in [1.165, 1.54) is 0 Å². The number of methoxy groups -OCH3 is 1. The zero-order valence-corrected chi connectivity index (χ0v) is 14.3. The number of aromatic nitrogens is 1. The molecular formula is C19H21N3O3. The zero-order chi connectivity index (χ0) is 17.4. The van der Waals surface area contributed by atoms with E-state index in [4.69, 9.17) is 16.0 Å². The lowest BCUT2D eigenvalue weighted by molar-refractivity contribution is -0.0304. The standard InChI is InChI=1S/C19H21N3O3/c1-20-13-9-15-17(16(10-13)24-2)14(11-21-15)18(23)25-12-19-3-6-22(7-4-19)8-5-19/h9-11,21H,3-8,12H2,2H3. The summed E-state index contributed by atoms with van der Waals surface area (Å²) in [4.78, 5) is 21.7. The lowest BCUT2D eigenvalue weighted by atomic mass is 9.73. The van der Waals surface area contributed by atoms with Crippen LogP contribution in [-0.2, 0) is 4.74 Å². The summed E-state index contributed by atoms with van der Waals surface area (Å²) >= 11 is 0. The normalized spacial score (nSPS) is 24.9. The highest BCUT2D eigenvalue weighted by atomic mass is 16.5. The van der Waals surface area contributed by atoms with Gasteiger partial charge in [-0.3, -0.25) is 0 Å². The van der Waals surface area contributed by atoms with Crippen molar-refractivity contribution in [2.75, 3.05) is 33.4 Å². The first-order chi connectivity index (χ1) is 12.1. The van der Waals surface area contributed by atoms with Gasteiger partial charge >= 0.3 is 5.97 Å². The second kappa shape index (κ2) is 6.08. The van der Waals surface area contributed by atoms with Crippen LogP contribution in [0.1, 0.15) is 29.6 Å². The first-order valence-electron chi connectivity index (χ1n) is 8.60. The van der Waals surface area contributed by atoms with Crippen LogP contribution in [0.4, 0.5) is 5.69 Å². The molecule has 0 amide bonds. The third kappa shape index (κ3) is 2.75. The van der Waals surface area contributed by atoms with Gasteiger partial charge in [-0.05, 0) is 51.0 Å². The van der Waals surface area contributed by atoms with Gasteiger partial charge in [0.25, 0.3) is 0 Å². The quantitative estimate of drug-likeness (QED) is 0.685. The molecular weight excluding hydrogens is 318 g/mol. The molecule has 2 aromatic rings. The van der Waals surface area contributed by atoms with Crippen LogP contribution >= 0.6 is 0 Å². The molecule has 5 rings (SSSR count). The van der Waals surface area contributed by atoms with Gasteiger partial charge in [-0.1, -0.05) is 0 Å². The lowest BCUT2D eigenvalue weighted by Gasteiger charge is -2.47. The lowest BCUT2D eigenvalue weighted by Crippen LogP contribution is -2.50. The molecule has 6 heteroatoms. The number of aromatic amines is 1. The maximum Gasteiger partial charge on any atom is 0.340 e. The monoisotopic (exact) mass is 339 g/mol. The Bertz CT molecular complexity index is 843. The minimum Gasteiger partial charge on any atom is -0.497 e. The summed E-state index contributed by atoms with van der Waals surface area (Å²) in [7, 11) is 1.54. The Morgan fingerprint density at radius 2 is 2.04 bits per heavy atom. The summed E-state index contributed by atoms with van der Waals surface area (Å²) in [6.45, 7) is 11.0. The van der Waals surface area contributed by atoms with E-state index in [0.717, 1.165) is 38.9 Å². The van der Waals surface area contributed by atoms with Crippen LogP contribution in [0, 0.1) is 12.0 Å². The second-order valence-electron chi connectivity index (χ2n) is 7.05. The molecule has 1 aromatic heterocycles. The fourth-order valence-electron chi connectivity index (χ4n) is 4.01. The van der Waals surface area contributed by atoms with E-state index >= 15 is 0 Å². The molecule has 0 radical (unpaired) electrons. The van der Waals surface area contributed by atoms with Crippen LogP contribution in [-0.4, -0.2) is 49.2 Å². The number of hydrogen-bond donors (Lipinski definition) is 1. The number of fused-ring (bicyclic) bond motifs is 4. The molecule has 3 aliphatic heterocycles. The molecule has 0 aliphatic carbocycles. The molecule has 0 unspecified atom stereocenters. The number of carbonyl (C=O) groups excluding carboxylic acids is 1. The average Bonchev–Trinajstić information content (AvgIpc) is 3.11. The maximum absolute atomic E-state index is 12.7. The van der Waals surface area contributed by atoms with Crippen molar-refractivity contribution in [1.82, 2.24) is 9.88 Å². The predicted octanol–water partition coefficient (Wildman–Crippen LogP) is 3.37. The smallest absolute Gasteiger partial charge is 0.340 e. The SMILES string of the molecule is [C-]#[N+]c1cc(OC)c2c(C(=O)OCC34CCN(CC3)CC4)c[nH]c2c1. The number of nitrogens with zero attached hydrogens (tertiary/aromatic N) is 2. The number of piperidine rings is 3. The van der Waals surface area contributed by atoms with Crippen LogP contribution in [0.2, 0.25) is 0 Å². The Morgan fingerprint density at radius 3 is 2.68 bits per heavy atom. The van der Waals surface area contributed by atoms with Gasteiger partial charge in [-0.15, -0.1) is 0 Å². The van der Waals surface area contributed by atoms with Crippen LogP contribution in [0.15, 0.2) is 18.3 Å². The minimum absolute atomic E-state index is 0.151. The van der Waals surface area contributed by atoms with Gasteiger partial charge in [0.05, 0.1) is 31.2 Å². The molecule has 0 spiro atoms. The van der Waals surface area contributed by atoms with Crippen molar-refractivity contribution in [2.24, 2.45) is 5.41 Å². The molecule has 3 aliphatic rings. The molecule has 1 N–H and O–H groups in total. The molecule has 0 saturated carbocycles. The molecule has 25 heavy (non-hydrogen) atoms. The van der Waals surface area contributed by atoms with E-state index < -0.39 is 0 Å². The fourth-order valence-corrected chi connectivity index (χ4v) is 4.01. The molecule has 2 bridgehead atoms. The van der Waals surface area contributed by atoms with Crippen LogP contribution in [0.25, 0.3) is 15.7 Å². The van der Waals surface area contributed by atoms with E-state index in [-0.39, 0.29) is 11.4 Å². The number of rotatable bonds is 4. The maximum atomic E-state index is 12.7. The van der Waals surface area contributed by atoms with Crippen molar-refractivity contribution in [2.45, 2.75) is 19.3 Å². The van der Waals surface area contributed by atoms with Gasteiger partial charge in [-0.2, -0.15) is 0 Å². The summed E-state index contributed by atoms with van der Waals surface area (Å²) in [5.74, 6) is 0.184. The molecule has 3 saturated heterocycles. The van der Waals surface area contributed by atoms with Crippen LogP contribution < -0.4 is 4.74 Å². The van der Waals surface area contributed by atoms with Crippen molar-refractivity contribution in [3.63, 3.8) is 0 Å². The van der Waals surface area contributed by atoms with Crippen molar-refractivity contribution < 1.29 is 14.3 Å². The molecule has 1 aromatic carbocycles. The Labute approximate surface area is 146 Å². The number of H-pyrrole nitrogens is 1. The van der Waals surface area contributed by atoms with Gasteiger partial charge in [0.1, 0.15) is 5.75 Å². The van der Waals surface area contributed by atoms with E-state index in [9.17, 15) is 4.79 Å². The van der Waals surface area contributed by atoms with E-state index in [1.54, 1.807) is 25.4 Å². The Kier molecular flexibility index (Phi) is 3.89. The second-order valence-corrected chi connectivity index (χ2v) is 7.05. The summed E-state index contributed by atoms with van der Waals surface area (Å²) in [6, 6.07) is 3.37. The number of hydrogen-bond acceptors (Lipinski definition) is 4. The highest BCUT2D eigenvalue weighted by Crippen LogP contribution is 2.40. The van der Waals surface area contributed by atoms with Gasteiger partial charge in [-0.25, -0.2) is 9.64 Å². The highest BCUT2D eigenvalue weighted by molar-refractivity contribution is 6.07. The largest absolute Gasteiger partial charge is 0.497 e. The Balaban J connectivity index is 1.57. The number of esters is 1. The fraction of sp³-hybridized carbons (Fsp3) is 0.474. The van der Waals surface area contributed by atoms with Crippen molar-refractivity contribution >= 4 is 22.6 Å². The van der Waals surface area contributed by atoms with Crippen molar-refractivity contribution in [3.8, 4) is 5.75 Å². The van der Waals surface area contributed by atoms with Gasteiger partial charge in [0.15, 0.2) is 5.69 Å². The molecule has 130 valence electrons. The third-order valence-corrected chi connectivity index (χ3v) is 5.68. The van der Waals surface area contributed by atoms with Gasteiger partial charge < -0.3 is 19.4 Å². The van der Waals surface area contributed by atoms with Crippen LogP contribution in [0.5, 0.6) is 5.75 Å². The summed E-state index contributed by atoms with van der Waals surface area (Å²) < 4.78 is 11.1. The summed E-state index contributed by atoms with van der Waals surface area (Å²) in [6.07, 6.45) is 4.95. The van der Waals surface area contributed by atoms with Gasteiger partial charge in [0.2, 0.25) is 0 Å². The van der Waals surface area contributed by atoms with Crippen molar-refractivity contribution in [3.05, 3.63) is 35.3 Å². The van der Waals surface area contributed by atoms with E-state index in [2.05, 4.69) is 14.7 Å². The average molecular weight is 339 g/mol. The summed E-state index contributed by atoms with van der Waals surface area (Å²) in [5, 5.41) is 0.677. The number of nitrogens with one attached hydrogen (secondary N) is 1. The predicted molar refractivity (Wildman–Crippen MR) is 94.1 cm³/mol. The topological polar surface area (TPSA) is 58.9 Å². The zero-order valence-electron chi connectivity index (χ0n) is 14.3. The van der Waals surface area contributed by atoms with Crippen molar-refractivity contribution in [1.29, 1.82) is 0 Å². The number of ether oxygens (including phenoxy) is 2.